The normalized spacial score (nSPS) is 10.6. The summed E-state index contributed by atoms with van der Waals surface area (Å²) < 4.78 is 19.8. The van der Waals surface area contributed by atoms with Gasteiger partial charge in [0, 0.05) is 28.9 Å². The van der Waals surface area contributed by atoms with Crippen LogP contribution < -0.4 is 15.4 Å². The molecule has 0 spiro atoms. The van der Waals surface area contributed by atoms with Crippen LogP contribution in [0.25, 0.3) is 22.2 Å². The van der Waals surface area contributed by atoms with E-state index in [9.17, 15) is 9.18 Å². The third-order valence-electron chi connectivity index (χ3n) is 4.65. The number of amides is 1. The van der Waals surface area contributed by atoms with Gasteiger partial charge in [-0.25, -0.2) is 14.4 Å². The number of carbonyl (C=O) groups excluding carboxylic acids is 1. The molecule has 160 valence electrons. The highest BCUT2D eigenvalue weighted by Gasteiger charge is 2.13. The second-order valence-corrected chi connectivity index (χ2v) is 6.75. The van der Waals surface area contributed by atoms with Gasteiger partial charge in [0.05, 0.1) is 23.5 Å². The fraction of sp³-hybridized carbons (Fsp3) is 0.0833. The Morgan fingerprint density at radius 1 is 1.16 bits per heavy atom. The second-order valence-electron chi connectivity index (χ2n) is 6.75. The van der Waals surface area contributed by atoms with Gasteiger partial charge in [0.1, 0.15) is 23.7 Å². The Hall–Kier alpha value is -4.33. The van der Waals surface area contributed by atoms with Crippen LogP contribution in [0.4, 0.5) is 21.6 Å². The fourth-order valence-electron chi connectivity index (χ4n) is 3.20. The first-order valence-corrected chi connectivity index (χ1v) is 9.92. The highest BCUT2D eigenvalue weighted by Crippen LogP contribution is 2.34. The maximum absolute atomic E-state index is 14.2. The smallest absolute Gasteiger partial charge is 0.247 e. The van der Waals surface area contributed by atoms with Crippen LogP contribution in [0.5, 0.6) is 5.75 Å². The topological polar surface area (TPSA) is 89.0 Å². The van der Waals surface area contributed by atoms with Gasteiger partial charge in [-0.15, -0.1) is 0 Å². The fourth-order valence-corrected chi connectivity index (χ4v) is 3.20. The number of fused-ring (bicyclic) bond motifs is 1. The van der Waals surface area contributed by atoms with Crippen molar-refractivity contribution in [3.05, 3.63) is 79.5 Å². The van der Waals surface area contributed by atoms with Crippen molar-refractivity contribution in [2.75, 3.05) is 17.2 Å². The predicted octanol–water partition coefficient (Wildman–Crippen LogP) is 5.10. The van der Waals surface area contributed by atoms with Gasteiger partial charge in [-0.2, -0.15) is 0 Å². The summed E-state index contributed by atoms with van der Waals surface area (Å²) in [4.78, 5) is 24.8. The van der Waals surface area contributed by atoms with Gasteiger partial charge in [-0.3, -0.25) is 9.78 Å². The molecule has 2 heterocycles. The highest BCUT2D eigenvalue weighted by atomic mass is 19.1. The maximum atomic E-state index is 14.2. The lowest BCUT2D eigenvalue weighted by Gasteiger charge is -2.14. The zero-order chi connectivity index (χ0) is 22.5. The number of anilines is 3. The molecule has 0 aliphatic rings. The Bertz CT molecular complexity index is 1310. The van der Waals surface area contributed by atoms with E-state index in [1.807, 2.05) is 6.92 Å². The number of halogens is 1. The number of hydrogen-bond donors (Lipinski definition) is 2. The van der Waals surface area contributed by atoms with Gasteiger partial charge >= 0.3 is 0 Å². The van der Waals surface area contributed by atoms with Crippen molar-refractivity contribution in [2.24, 2.45) is 0 Å². The monoisotopic (exact) mass is 429 g/mol. The van der Waals surface area contributed by atoms with Crippen LogP contribution in [0.2, 0.25) is 0 Å². The molecule has 8 heteroatoms. The number of hydrogen-bond acceptors (Lipinski definition) is 6. The first-order chi connectivity index (χ1) is 15.6. The first kappa shape index (κ1) is 20.9. The molecule has 0 radical (unpaired) electrons. The molecule has 2 aromatic carbocycles. The van der Waals surface area contributed by atoms with E-state index in [1.165, 1.54) is 18.5 Å². The van der Waals surface area contributed by atoms with Gasteiger partial charge in [-0.05, 0) is 43.3 Å². The summed E-state index contributed by atoms with van der Waals surface area (Å²) in [5.74, 6) is 0.291. The number of benzene rings is 2. The van der Waals surface area contributed by atoms with E-state index in [1.54, 1.807) is 48.7 Å². The van der Waals surface area contributed by atoms with Gasteiger partial charge < -0.3 is 15.4 Å². The molecule has 0 fully saturated rings. The van der Waals surface area contributed by atoms with Crippen molar-refractivity contribution in [1.29, 1.82) is 0 Å². The Morgan fingerprint density at radius 3 is 2.78 bits per heavy atom. The van der Waals surface area contributed by atoms with E-state index in [0.29, 0.717) is 51.7 Å². The summed E-state index contributed by atoms with van der Waals surface area (Å²) in [6, 6.07) is 13.4. The molecule has 0 aliphatic heterocycles. The van der Waals surface area contributed by atoms with E-state index in [4.69, 9.17) is 4.74 Å². The van der Waals surface area contributed by atoms with Crippen LogP contribution in [0.1, 0.15) is 6.92 Å². The minimum absolute atomic E-state index is 0.351. The van der Waals surface area contributed by atoms with E-state index >= 15 is 0 Å². The number of carbonyl (C=O) groups is 1. The third-order valence-corrected chi connectivity index (χ3v) is 4.65. The number of nitrogens with zero attached hydrogens (tertiary/aromatic N) is 3. The lowest BCUT2D eigenvalue weighted by molar-refractivity contribution is -0.111. The zero-order valence-corrected chi connectivity index (χ0v) is 17.3. The molecular weight excluding hydrogens is 409 g/mol. The maximum Gasteiger partial charge on any atom is 0.247 e. The summed E-state index contributed by atoms with van der Waals surface area (Å²) in [6.07, 6.45) is 4.21. The molecule has 4 rings (SSSR count). The molecule has 2 N–H and O–H groups in total. The average Bonchev–Trinajstić information content (AvgIpc) is 2.80. The molecule has 1 amide bonds. The number of rotatable bonds is 7. The SMILES string of the molecule is C=CC(=O)Nc1cc2c(Nc3ccnc(-c4ccccc4F)c3)ncnc2cc1OCC. The minimum atomic E-state index is -0.361. The number of aromatic nitrogens is 3. The molecule has 32 heavy (non-hydrogen) atoms. The van der Waals surface area contributed by atoms with E-state index in [-0.39, 0.29) is 11.7 Å². The van der Waals surface area contributed by atoms with Crippen LogP contribution in [-0.4, -0.2) is 27.5 Å². The van der Waals surface area contributed by atoms with Gasteiger partial charge in [0.2, 0.25) is 5.91 Å². The van der Waals surface area contributed by atoms with Crippen LogP contribution in [0.3, 0.4) is 0 Å². The molecule has 0 atom stereocenters. The molecule has 0 saturated heterocycles. The Balaban J connectivity index is 1.74. The van der Waals surface area contributed by atoms with Crippen LogP contribution in [0, 0.1) is 5.82 Å². The summed E-state index contributed by atoms with van der Waals surface area (Å²) in [5, 5.41) is 6.65. The third kappa shape index (κ3) is 4.39. The minimum Gasteiger partial charge on any atom is -0.492 e. The van der Waals surface area contributed by atoms with Crippen molar-refractivity contribution in [1.82, 2.24) is 15.0 Å². The van der Waals surface area contributed by atoms with E-state index in [0.717, 1.165) is 0 Å². The standard InChI is InChI=1S/C24H20FN5O2/c1-3-23(31)30-21-12-17-20(13-22(21)32-4-2)27-14-28-24(17)29-15-9-10-26-19(11-15)16-7-5-6-8-18(16)25/h3,5-14H,1,4H2,2H3,(H,30,31)(H,26,27,28,29). The Kier molecular flexibility index (Phi) is 6.03. The highest BCUT2D eigenvalue weighted by molar-refractivity contribution is 6.03. The van der Waals surface area contributed by atoms with Crippen LogP contribution in [-0.2, 0) is 4.79 Å². The van der Waals surface area contributed by atoms with Crippen molar-refractivity contribution in [3.8, 4) is 17.0 Å². The molecule has 2 aromatic heterocycles. The second kappa shape index (κ2) is 9.22. The number of ether oxygens (including phenoxy) is 1. The Morgan fingerprint density at radius 2 is 2.00 bits per heavy atom. The largest absolute Gasteiger partial charge is 0.492 e. The predicted molar refractivity (Wildman–Crippen MR) is 122 cm³/mol. The molecule has 0 saturated carbocycles. The lowest BCUT2D eigenvalue weighted by Crippen LogP contribution is -2.09. The average molecular weight is 429 g/mol. The number of nitrogens with one attached hydrogen (secondary N) is 2. The van der Waals surface area contributed by atoms with E-state index < -0.39 is 0 Å². The van der Waals surface area contributed by atoms with Crippen molar-refractivity contribution >= 4 is 34.0 Å². The van der Waals surface area contributed by atoms with Crippen LogP contribution >= 0.6 is 0 Å². The molecule has 0 bridgehead atoms. The molecule has 7 nitrogen and oxygen atoms in total. The summed E-state index contributed by atoms with van der Waals surface area (Å²) >= 11 is 0. The quantitative estimate of drug-likeness (QED) is 0.398. The summed E-state index contributed by atoms with van der Waals surface area (Å²) in [6.45, 7) is 5.76. The molecule has 0 unspecified atom stereocenters. The molecule has 0 aliphatic carbocycles. The lowest BCUT2D eigenvalue weighted by atomic mass is 10.1. The summed E-state index contributed by atoms with van der Waals surface area (Å²) in [5.41, 5.74) is 2.67. The van der Waals surface area contributed by atoms with Gasteiger partial charge in [0.15, 0.2) is 0 Å². The van der Waals surface area contributed by atoms with Crippen LogP contribution in [0.15, 0.2) is 73.7 Å². The number of pyridine rings is 1. The zero-order valence-electron chi connectivity index (χ0n) is 17.3. The summed E-state index contributed by atoms with van der Waals surface area (Å²) in [7, 11) is 0. The van der Waals surface area contributed by atoms with E-state index in [2.05, 4.69) is 32.2 Å². The van der Waals surface area contributed by atoms with Crippen molar-refractivity contribution in [2.45, 2.75) is 6.92 Å². The van der Waals surface area contributed by atoms with Crippen molar-refractivity contribution < 1.29 is 13.9 Å². The Labute approximate surface area is 184 Å². The van der Waals surface area contributed by atoms with Gasteiger partial charge in [0.25, 0.3) is 0 Å². The molecule has 4 aromatic rings. The van der Waals surface area contributed by atoms with Crippen molar-refractivity contribution in [3.63, 3.8) is 0 Å². The first-order valence-electron chi connectivity index (χ1n) is 9.92. The van der Waals surface area contributed by atoms with Gasteiger partial charge in [-0.1, -0.05) is 18.7 Å². The molecular formula is C24H20FN5O2.